The van der Waals surface area contributed by atoms with E-state index in [2.05, 4.69) is 25.1 Å². The maximum atomic E-state index is 6.08. The van der Waals surface area contributed by atoms with E-state index < -0.39 is 0 Å². The summed E-state index contributed by atoms with van der Waals surface area (Å²) < 4.78 is 16.8. The Labute approximate surface area is 150 Å². The lowest BCUT2D eigenvalue weighted by Crippen LogP contribution is -2.16. The molecule has 25 heavy (non-hydrogen) atoms. The first-order chi connectivity index (χ1) is 12.1. The average Bonchev–Trinajstić information content (AvgIpc) is 2.61. The molecule has 1 unspecified atom stereocenters. The van der Waals surface area contributed by atoms with E-state index >= 15 is 0 Å². The lowest BCUT2D eigenvalue weighted by Gasteiger charge is -2.19. The molecule has 0 saturated heterocycles. The van der Waals surface area contributed by atoms with E-state index in [1.54, 1.807) is 7.11 Å². The van der Waals surface area contributed by atoms with Gasteiger partial charge in [0.2, 0.25) is 0 Å². The molecule has 2 N–H and O–H groups in total. The summed E-state index contributed by atoms with van der Waals surface area (Å²) in [6.45, 7) is 7.86. The van der Waals surface area contributed by atoms with E-state index in [1.165, 1.54) is 5.56 Å². The van der Waals surface area contributed by atoms with Crippen molar-refractivity contribution in [3.8, 4) is 17.2 Å². The minimum atomic E-state index is 0.224. The van der Waals surface area contributed by atoms with Gasteiger partial charge < -0.3 is 19.9 Å². The molecule has 136 valence electrons. The molecule has 0 aliphatic carbocycles. The highest BCUT2D eigenvalue weighted by atomic mass is 16.5. The Bertz CT molecular complexity index is 685. The van der Waals surface area contributed by atoms with Crippen molar-refractivity contribution in [1.82, 2.24) is 0 Å². The van der Waals surface area contributed by atoms with Crippen molar-refractivity contribution in [2.75, 3.05) is 26.9 Å². The number of hydrogen-bond acceptors (Lipinski definition) is 4. The molecule has 0 bridgehead atoms. The van der Waals surface area contributed by atoms with Crippen molar-refractivity contribution in [2.24, 2.45) is 5.73 Å². The van der Waals surface area contributed by atoms with Gasteiger partial charge in [0.15, 0.2) is 0 Å². The molecule has 2 aromatic rings. The maximum Gasteiger partial charge on any atom is 0.126 e. The third-order valence-corrected chi connectivity index (χ3v) is 4.29. The van der Waals surface area contributed by atoms with Gasteiger partial charge in [0.05, 0.1) is 20.3 Å². The summed E-state index contributed by atoms with van der Waals surface area (Å²) in [4.78, 5) is 0. The molecule has 1 atom stereocenters. The Balaban J connectivity index is 2.27. The SMILES string of the molecule is CCOc1ccc(CC(CN)c2ccc(OC)c(C)c2)c(OCC)c1. The second kappa shape index (κ2) is 9.33. The predicted octanol–water partition coefficient (Wildman–Crippen LogP) is 4.09. The molecular weight excluding hydrogens is 314 g/mol. The van der Waals surface area contributed by atoms with Crippen LogP contribution < -0.4 is 19.9 Å². The number of ether oxygens (including phenoxy) is 3. The Morgan fingerprint density at radius 2 is 1.72 bits per heavy atom. The first-order valence-corrected chi connectivity index (χ1v) is 8.86. The summed E-state index contributed by atoms with van der Waals surface area (Å²) in [5.41, 5.74) is 9.57. The highest BCUT2D eigenvalue weighted by molar-refractivity contribution is 5.43. The number of rotatable bonds is 9. The normalized spacial score (nSPS) is 11.9. The highest BCUT2D eigenvalue weighted by Gasteiger charge is 2.16. The van der Waals surface area contributed by atoms with Crippen LogP contribution in [0.3, 0.4) is 0 Å². The Morgan fingerprint density at radius 3 is 2.32 bits per heavy atom. The van der Waals surface area contributed by atoms with Gasteiger partial charge in [-0.2, -0.15) is 0 Å². The fraction of sp³-hybridized carbons (Fsp3) is 0.429. The van der Waals surface area contributed by atoms with Crippen LogP contribution in [0, 0.1) is 6.92 Å². The molecule has 4 nitrogen and oxygen atoms in total. The third kappa shape index (κ3) is 4.89. The predicted molar refractivity (Wildman–Crippen MR) is 102 cm³/mol. The number of aryl methyl sites for hydroxylation is 1. The van der Waals surface area contributed by atoms with Gasteiger partial charge in [0, 0.05) is 12.0 Å². The van der Waals surface area contributed by atoms with E-state index in [1.807, 2.05) is 32.0 Å². The van der Waals surface area contributed by atoms with Gasteiger partial charge in [0.25, 0.3) is 0 Å². The first kappa shape index (κ1) is 19.1. The summed E-state index contributed by atoms with van der Waals surface area (Å²) in [5, 5.41) is 0. The molecule has 2 aromatic carbocycles. The molecule has 0 amide bonds. The van der Waals surface area contributed by atoms with Gasteiger partial charge in [-0.25, -0.2) is 0 Å². The Hall–Kier alpha value is -2.20. The quantitative estimate of drug-likeness (QED) is 0.745. The summed E-state index contributed by atoms with van der Waals surface area (Å²) in [5.74, 6) is 2.83. The summed E-state index contributed by atoms with van der Waals surface area (Å²) in [6.07, 6.45) is 0.823. The number of methoxy groups -OCH3 is 1. The van der Waals surface area contributed by atoms with Crippen molar-refractivity contribution in [1.29, 1.82) is 0 Å². The van der Waals surface area contributed by atoms with Crippen LogP contribution in [-0.2, 0) is 6.42 Å². The first-order valence-electron chi connectivity index (χ1n) is 8.86. The molecule has 4 heteroatoms. The zero-order chi connectivity index (χ0) is 18.2. The van der Waals surface area contributed by atoms with Crippen LogP contribution in [0.15, 0.2) is 36.4 Å². The van der Waals surface area contributed by atoms with Crippen molar-refractivity contribution in [3.05, 3.63) is 53.1 Å². The van der Waals surface area contributed by atoms with Gasteiger partial charge in [0.1, 0.15) is 17.2 Å². The fourth-order valence-corrected chi connectivity index (χ4v) is 3.01. The van der Waals surface area contributed by atoms with E-state index in [-0.39, 0.29) is 5.92 Å². The maximum absolute atomic E-state index is 6.08. The minimum absolute atomic E-state index is 0.224. The van der Waals surface area contributed by atoms with Gasteiger partial charge in [-0.15, -0.1) is 0 Å². The molecule has 0 aliphatic rings. The molecule has 0 fully saturated rings. The van der Waals surface area contributed by atoms with E-state index in [0.29, 0.717) is 19.8 Å². The van der Waals surface area contributed by atoms with E-state index in [4.69, 9.17) is 19.9 Å². The average molecular weight is 343 g/mol. The Kier molecular flexibility index (Phi) is 7.14. The van der Waals surface area contributed by atoms with Gasteiger partial charge in [-0.1, -0.05) is 18.2 Å². The zero-order valence-electron chi connectivity index (χ0n) is 15.7. The molecule has 2 rings (SSSR count). The topological polar surface area (TPSA) is 53.7 Å². The second-order valence-electron chi connectivity index (χ2n) is 6.00. The molecular formula is C21H29NO3. The van der Waals surface area contributed by atoms with Crippen LogP contribution in [-0.4, -0.2) is 26.9 Å². The lowest BCUT2D eigenvalue weighted by molar-refractivity contribution is 0.320. The lowest BCUT2D eigenvalue weighted by atomic mass is 9.90. The largest absolute Gasteiger partial charge is 0.496 e. The summed E-state index contributed by atoms with van der Waals surface area (Å²) >= 11 is 0. The van der Waals surface area contributed by atoms with Crippen LogP contribution in [0.25, 0.3) is 0 Å². The van der Waals surface area contributed by atoms with Crippen molar-refractivity contribution >= 4 is 0 Å². The third-order valence-electron chi connectivity index (χ3n) is 4.29. The highest BCUT2D eigenvalue weighted by Crippen LogP contribution is 2.31. The summed E-state index contributed by atoms with van der Waals surface area (Å²) in [7, 11) is 1.69. The zero-order valence-corrected chi connectivity index (χ0v) is 15.7. The van der Waals surface area contributed by atoms with Crippen LogP contribution in [0.1, 0.15) is 36.5 Å². The van der Waals surface area contributed by atoms with Crippen LogP contribution in [0.4, 0.5) is 0 Å². The molecule has 0 spiro atoms. The molecule has 0 aromatic heterocycles. The number of hydrogen-bond donors (Lipinski definition) is 1. The summed E-state index contributed by atoms with van der Waals surface area (Å²) in [6, 6.07) is 12.3. The monoisotopic (exact) mass is 343 g/mol. The van der Waals surface area contributed by atoms with E-state index in [9.17, 15) is 0 Å². The number of benzene rings is 2. The van der Waals surface area contributed by atoms with Crippen LogP contribution >= 0.6 is 0 Å². The fourth-order valence-electron chi connectivity index (χ4n) is 3.01. The Morgan fingerprint density at radius 1 is 0.960 bits per heavy atom. The smallest absolute Gasteiger partial charge is 0.126 e. The van der Waals surface area contributed by atoms with Gasteiger partial charge in [-0.05, 0) is 62.6 Å². The van der Waals surface area contributed by atoms with Gasteiger partial charge in [-0.3, -0.25) is 0 Å². The molecule has 0 heterocycles. The molecule has 0 aliphatic heterocycles. The number of nitrogens with two attached hydrogens (primary N) is 1. The second-order valence-corrected chi connectivity index (χ2v) is 6.00. The van der Waals surface area contributed by atoms with Crippen molar-refractivity contribution in [2.45, 2.75) is 33.1 Å². The van der Waals surface area contributed by atoms with Crippen LogP contribution in [0.5, 0.6) is 17.2 Å². The van der Waals surface area contributed by atoms with Crippen molar-refractivity contribution < 1.29 is 14.2 Å². The van der Waals surface area contributed by atoms with Crippen LogP contribution in [0.2, 0.25) is 0 Å². The van der Waals surface area contributed by atoms with E-state index in [0.717, 1.165) is 34.8 Å². The van der Waals surface area contributed by atoms with Crippen molar-refractivity contribution in [3.63, 3.8) is 0 Å². The molecule has 0 radical (unpaired) electrons. The standard InChI is InChI=1S/C21H29NO3/c1-5-24-19-9-7-17(21(13-19)25-6-2)12-18(14-22)16-8-10-20(23-4)15(3)11-16/h7-11,13,18H,5-6,12,14,22H2,1-4H3. The molecule has 0 saturated carbocycles. The minimum Gasteiger partial charge on any atom is -0.496 e. The van der Waals surface area contributed by atoms with Gasteiger partial charge >= 0.3 is 0 Å².